The molecule has 2 saturated carbocycles. The average molecular weight is 443 g/mol. The van der Waals surface area contributed by atoms with Crippen molar-refractivity contribution in [2.24, 2.45) is 35.5 Å². The molecule has 3 fully saturated rings. The molecule has 0 aromatic heterocycles. The number of carbonyl (C=O) groups is 3. The number of benzene rings is 2. The van der Waals surface area contributed by atoms with Crippen molar-refractivity contribution >= 4 is 23.4 Å². The third-order valence-corrected chi connectivity index (χ3v) is 7.82. The lowest BCUT2D eigenvalue weighted by molar-refractivity contribution is -0.142. The lowest BCUT2D eigenvalue weighted by Gasteiger charge is -2.37. The highest BCUT2D eigenvalue weighted by atomic mass is 16.5. The number of aryl methyl sites for hydroxylation is 2. The fourth-order valence-electron chi connectivity index (χ4n) is 6.20. The second-order valence-corrected chi connectivity index (χ2v) is 9.81. The quantitative estimate of drug-likeness (QED) is 0.559. The number of nitrogens with one attached hydrogen (secondary N) is 1. The minimum Gasteiger partial charge on any atom is -0.457 e. The molecule has 1 heterocycles. The summed E-state index contributed by atoms with van der Waals surface area (Å²) in [5.41, 5.74) is 2.69. The molecule has 0 spiro atoms. The lowest BCUT2D eigenvalue weighted by atomic mass is 9.63. The molecule has 5 aliphatic rings. The summed E-state index contributed by atoms with van der Waals surface area (Å²) in [5, 5.41) is 2.80. The number of carbonyl (C=O) groups excluding carboxylic acids is 3. The van der Waals surface area contributed by atoms with E-state index in [9.17, 15) is 14.4 Å². The summed E-state index contributed by atoms with van der Waals surface area (Å²) in [7, 11) is 0. The van der Waals surface area contributed by atoms with Crippen LogP contribution in [0.5, 0.6) is 11.5 Å². The van der Waals surface area contributed by atoms with Crippen LogP contribution in [0.3, 0.4) is 0 Å². The molecule has 1 N–H and O–H groups in total. The Morgan fingerprint density at radius 1 is 0.939 bits per heavy atom. The van der Waals surface area contributed by atoms with Crippen molar-refractivity contribution in [2.45, 2.75) is 20.3 Å². The van der Waals surface area contributed by atoms with Gasteiger partial charge in [-0.3, -0.25) is 19.3 Å². The van der Waals surface area contributed by atoms with Crippen molar-refractivity contribution in [3.63, 3.8) is 0 Å². The monoisotopic (exact) mass is 442 g/mol. The second kappa shape index (κ2) is 7.30. The maximum Gasteiger partial charge on any atom is 0.244 e. The summed E-state index contributed by atoms with van der Waals surface area (Å²) in [5.74, 6) is 1.65. The van der Waals surface area contributed by atoms with E-state index < -0.39 is 0 Å². The first-order chi connectivity index (χ1) is 15.9. The first-order valence-electron chi connectivity index (χ1n) is 11.6. The van der Waals surface area contributed by atoms with Crippen LogP contribution in [0.1, 0.15) is 17.5 Å². The molecular formula is C27H26N2O4. The van der Waals surface area contributed by atoms with Gasteiger partial charge in [0, 0.05) is 5.69 Å². The Morgan fingerprint density at radius 3 is 2.09 bits per heavy atom. The minimum absolute atomic E-state index is 0.166. The van der Waals surface area contributed by atoms with Gasteiger partial charge in [0.2, 0.25) is 17.7 Å². The summed E-state index contributed by atoms with van der Waals surface area (Å²) in [6.45, 7) is 3.76. The minimum atomic E-state index is -0.371. The fraction of sp³-hybridized carbons (Fsp3) is 0.370. The summed E-state index contributed by atoms with van der Waals surface area (Å²) in [6.07, 6.45) is 5.40. The SMILES string of the molecule is Cc1cccc(C)c1Oc1ccc(NC(=O)CN2C(=O)[C@H]3[C@@H]4C=C[C@H]([C@H]5C[C@H]45)[C@@H]3C2=O)cc1. The van der Waals surface area contributed by atoms with E-state index in [1.165, 1.54) is 4.90 Å². The fourth-order valence-corrected chi connectivity index (χ4v) is 6.20. The van der Waals surface area contributed by atoms with E-state index >= 15 is 0 Å². The Labute approximate surface area is 192 Å². The topological polar surface area (TPSA) is 75.7 Å². The van der Waals surface area contributed by atoms with Gasteiger partial charge in [-0.25, -0.2) is 0 Å². The van der Waals surface area contributed by atoms with E-state index in [1.54, 1.807) is 24.3 Å². The normalized spacial score (nSPS) is 30.8. The predicted octanol–water partition coefficient (Wildman–Crippen LogP) is 4.09. The summed E-state index contributed by atoms with van der Waals surface area (Å²) in [6, 6.07) is 13.1. The summed E-state index contributed by atoms with van der Waals surface area (Å²) >= 11 is 0. The van der Waals surface area contributed by atoms with Gasteiger partial charge in [0.15, 0.2) is 0 Å². The van der Waals surface area contributed by atoms with E-state index in [1.807, 2.05) is 32.0 Å². The van der Waals surface area contributed by atoms with Crippen molar-refractivity contribution < 1.29 is 19.1 Å². The summed E-state index contributed by atoms with van der Waals surface area (Å²) in [4.78, 5) is 39.9. The molecule has 2 aromatic rings. The number of imide groups is 1. The number of ether oxygens (including phenoxy) is 1. The van der Waals surface area contributed by atoms with Crippen LogP contribution in [0, 0.1) is 49.4 Å². The largest absolute Gasteiger partial charge is 0.457 e. The second-order valence-electron chi connectivity index (χ2n) is 9.81. The third kappa shape index (κ3) is 3.19. The Morgan fingerprint density at radius 2 is 1.52 bits per heavy atom. The standard InChI is InChI=1S/C27H26N2O4/c1-14-4-3-5-15(2)25(14)33-17-8-6-16(7-9-17)28-22(30)13-29-26(31)23-18-10-11-19(21-12-20(18)21)24(23)27(29)32/h3-11,18-21,23-24H,12-13H2,1-2H3,(H,28,30)/t18-,19-,20-,21-,23+,24+/m1/s1. The van der Waals surface area contributed by atoms with Gasteiger partial charge in [0.1, 0.15) is 18.0 Å². The van der Waals surface area contributed by atoms with E-state index in [0.29, 0.717) is 23.3 Å². The zero-order valence-corrected chi connectivity index (χ0v) is 18.7. The maximum absolute atomic E-state index is 13.0. The van der Waals surface area contributed by atoms with Crippen molar-refractivity contribution in [3.8, 4) is 11.5 Å². The molecule has 7 rings (SSSR count). The molecule has 1 saturated heterocycles. The molecule has 2 bridgehead atoms. The van der Waals surface area contributed by atoms with Crippen LogP contribution in [0.25, 0.3) is 0 Å². The molecule has 1 aliphatic heterocycles. The van der Waals surface area contributed by atoms with Crippen LogP contribution >= 0.6 is 0 Å². The number of allylic oxidation sites excluding steroid dienone is 2. The Bertz CT molecular complexity index is 1140. The van der Waals surface area contributed by atoms with Crippen LogP contribution in [0.2, 0.25) is 0 Å². The number of rotatable bonds is 5. The number of para-hydroxylation sites is 1. The lowest BCUT2D eigenvalue weighted by Crippen LogP contribution is -2.40. The van der Waals surface area contributed by atoms with Gasteiger partial charge >= 0.3 is 0 Å². The molecule has 6 heteroatoms. The van der Waals surface area contributed by atoms with Crippen molar-refractivity contribution in [3.05, 3.63) is 65.7 Å². The highest BCUT2D eigenvalue weighted by Gasteiger charge is 2.67. The molecule has 168 valence electrons. The average Bonchev–Trinajstić information content (AvgIpc) is 3.59. The molecular weight excluding hydrogens is 416 g/mol. The molecule has 0 unspecified atom stereocenters. The van der Waals surface area contributed by atoms with E-state index in [4.69, 9.17) is 4.74 Å². The Kier molecular flexibility index (Phi) is 4.47. The Balaban J connectivity index is 1.10. The van der Waals surface area contributed by atoms with Crippen LogP contribution in [0.4, 0.5) is 5.69 Å². The van der Waals surface area contributed by atoms with Crippen molar-refractivity contribution in [1.29, 1.82) is 0 Å². The van der Waals surface area contributed by atoms with Crippen molar-refractivity contribution in [1.82, 2.24) is 4.90 Å². The zero-order valence-electron chi connectivity index (χ0n) is 18.7. The molecule has 0 radical (unpaired) electrons. The van der Waals surface area contributed by atoms with Crippen LogP contribution in [-0.2, 0) is 14.4 Å². The maximum atomic E-state index is 13.0. The van der Waals surface area contributed by atoms with Crippen LogP contribution in [-0.4, -0.2) is 29.2 Å². The highest BCUT2D eigenvalue weighted by molar-refractivity contribution is 6.09. The predicted molar refractivity (Wildman–Crippen MR) is 122 cm³/mol. The van der Waals surface area contributed by atoms with Gasteiger partial charge in [0.25, 0.3) is 0 Å². The zero-order chi connectivity index (χ0) is 22.9. The number of anilines is 1. The van der Waals surface area contributed by atoms with Crippen LogP contribution in [0.15, 0.2) is 54.6 Å². The van der Waals surface area contributed by atoms with Gasteiger partial charge in [0.05, 0.1) is 11.8 Å². The molecule has 6 nitrogen and oxygen atoms in total. The number of hydrogen-bond donors (Lipinski definition) is 1. The molecule has 2 aromatic carbocycles. The van der Waals surface area contributed by atoms with E-state index in [2.05, 4.69) is 17.5 Å². The number of amides is 3. The number of nitrogens with zero attached hydrogens (tertiary/aromatic N) is 1. The molecule has 33 heavy (non-hydrogen) atoms. The van der Waals surface area contributed by atoms with Gasteiger partial charge in [-0.2, -0.15) is 0 Å². The number of likely N-dealkylation sites (tertiary alicyclic amines) is 1. The number of hydrogen-bond acceptors (Lipinski definition) is 4. The third-order valence-electron chi connectivity index (χ3n) is 7.82. The van der Waals surface area contributed by atoms with Gasteiger partial charge in [-0.05, 0) is 79.3 Å². The van der Waals surface area contributed by atoms with Gasteiger partial charge in [-0.15, -0.1) is 0 Å². The van der Waals surface area contributed by atoms with Gasteiger partial charge in [-0.1, -0.05) is 30.4 Å². The Hall–Kier alpha value is -3.41. The summed E-state index contributed by atoms with van der Waals surface area (Å²) < 4.78 is 6.01. The molecule has 4 aliphatic carbocycles. The smallest absolute Gasteiger partial charge is 0.244 e. The first kappa shape index (κ1) is 20.2. The van der Waals surface area contributed by atoms with E-state index in [-0.39, 0.29) is 47.9 Å². The van der Waals surface area contributed by atoms with Gasteiger partial charge < -0.3 is 10.1 Å². The molecule has 3 amide bonds. The molecule has 6 atom stereocenters. The first-order valence-corrected chi connectivity index (χ1v) is 11.6. The highest BCUT2D eigenvalue weighted by Crippen LogP contribution is 2.65. The van der Waals surface area contributed by atoms with Crippen LogP contribution < -0.4 is 10.1 Å². The van der Waals surface area contributed by atoms with E-state index in [0.717, 1.165) is 23.3 Å². The van der Waals surface area contributed by atoms with Crippen molar-refractivity contribution in [2.75, 3.05) is 11.9 Å².